The summed E-state index contributed by atoms with van der Waals surface area (Å²) in [5.41, 5.74) is 2.15. The minimum atomic E-state index is -0.919. The number of hydrogen-bond donors (Lipinski definition) is 0. The maximum atomic E-state index is 14.6. The van der Waals surface area contributed by atoms with Crippen molar-refractivity contribution >= 4 is 10.8 Å². The summed E-state index contributed by atoms with van der Waals surface area (Å²) in [5.74, 6) is 10.2. The molecule has 0 aliphatic carbocycles. The topological polar surface area (TPSA) is 9.23 Å². The van der Waals surface area contributed by atoms with Gasteiger partial charge in [0.1, 0.15) is 11.6 Å². The van der Waals surface area contributed by atoms with Gasteiger partial charge in [0.2, 0.25) is 0 Å². The molecule has 0 radical (unpaired) electrons. The normalized spacial score (nSPS) is 10.3. The fraction of sp³-hybridized carbons (Fsp3) is 0.161. The summed E-state index contributed by atoms with van der Waals surface area (Å²) < 4.78 is 47.1. The van der Waals surface area contributed by atoms with E-state index in [4.69, 9.17) is 4.74 Å². The van der Waals surface area contributed by atoms with Crippen LogP contribution in [0, 0.1) is 41.1 Å². The van der Waals surface area contributed by atoms with E-state index in [0.29, 0.717) is 28.5 Å². The van der Waals surface area contributed by atoms with E-state index in [0.717, 1.165) is 42.7 Å². The highest BCUT2D eigenvalue weighted by Gasteiger charge is 2.04. The first-order valence-electron chi connectivity index (χ1n) is 11.5. The fourth-order valence-electron chi connectivity index (χ4n) is 3.47. The van der Waals surface area contributed by atoms with Gasteiger partial charge >= 0.3 is 0 Å². The average molecular weight is 469 g/mol. The predicted molar refractivity (Wildman–Crippen MR) is 134 cm³/mol. The third-order valence-electron chi connectivity index (χ3n) is 5.41. The second-order valence-electron chi connectivity index (χ2n) is 8.10. The highest BCUT2D eigenvalue weighted by molar-refractivity contribution is 5.84. The number of halogens is 3. The second kappa shape index (κ2) is 11.3. The molecule has 0 atom stereocenters. The Balaban J connectivity index is 1.44. The Morgan fingerprint density at radius 1 is 0.600 bits per heavy atom. The van der Waals surface area contributed by atoms with Crippen molar-refractivity contribution in [1.29, 1.82) is 0 Å². The van der Waals surface area contributed by atoms with Crippen molar-refractivity contribution in [2.75, 3.05) is 6.61 Å². The van der Waals surface area contributed by atoms with Crippen LogP contribution in [0.2, 0.25) is 0 Å². The number of rotatable bonds is 5. The summed E-state index contributed by atoms with van der Waals surface area (Å²) in [6.07, 6.45) is 3.34. The molecule has 4 heteroatoms. The van der Waals surface area contributed by atoms with Crippen molar-refractivity contribution in [3.05, 3.63) is 113 Å². The lowest BCUT2D eigenvalue weighted by Crippen LogP contribution is -1.96. The van der Waals surface area contributed by atoms with E-state index < -0.39 is 17.5 Å². The highest BCUT2D eigenvalue weighted by atomic mass is 19.2. The second-order valence-corrected chi connectivity index (χ2v) is 8.10. The van der Waals surface area contributed by atoms with Crippen LogP contribution in [0.1, 0.15) is 48.4 Å². The molecular formula is C31H23F3O. The van der Waals surface area contributed by atoms with Gasteiger partial charge in [0.15, 0.2) is 11.6 Å². The van der Waals surface area contributed by atoms with Crippen molar-refractivity contribution in [2.45, 2.75) is 26.2 Å². The van der Waals surface area contributed by atoms with Gasteiger partial charge in [-0.3, -0.25) is 0 Å². The molecule has 0 unspecified atom stereocenters. The molecule has 0 spiro atoms. The quantitative estimate of drug-likeness (QED) is 0.216. The molecule has 0 fully saturated rings. The molecule has 0 aliphatic heterocycles. The predicted octanol–water partition coefficient (Wildman–Crippen LogP) is 7.63. The zero-order chi connectivity index (χ0) is 24.6. The molecule has 0 heterocycles. The third kappa shape index (κ3) is 6.46. The van der Waals surface area contributed by atoms with E-state index in [-0.39, 0.29) is 5.56 Å². The van der Waals surface area contributed by atoms with Crippen LogP contribution in [0.5, 0.6) is 5.75 Å². The number of unbranched alkanes of at least 4 members (excludes halogenated alkanes) is 2. The number of ether oxygens (including phenoxy) is 1. The minimum absolute atomic E-state index is 0.227. The zero-order valence-corrected chi connectivity index (χ0v) is 19.3. The van der Waals surface area contributed by atoms with Gasteiger partial charge < -0.3 is 4.74 Å². The molecule has 4 aromatic rings. The molecule has 0 aromatic heterocycles. The standard InChI is InChI=1S/C31H23F3O/c1-2-3-4-17-35-28-15-10-22(11-16-28)5-6-24-8-13-25(29(32)19-24)12-7-23-9-14-26-20-30(33)31(34)21-27(26)18-23/h8-11,13-16,18-21H,2-4,17H2,1H3. The Labute approximate surface area is 203 Å². The highest BCUT2D eigenvalue weighted by Crippen LogP contribution is 2.20. The Morgan fingerprint density at radius 2 is 1.23 bits per heavy atom. The van der Waals surface area contributed by atoms with Crippen LogP contribution in [0.15, 0.2) is 72.8 Å². The molecule has 4 rings (SSSR count). The summed E-state index contributed by atoms with van der Waals surface area (Å²) in [6.45, 7) is 2.86. The van der Waals surface area contributed by atoms with Crippen LogP contribution in [-0.4, -0.2) is 6.61 Å². The fourth-order valence-corrected chi connectivity index (χ4v) is 3.47. The van der Waals surface area contributed by atoms with Gasteiger partial charge in [0.25, 0.3) is 0 Å². The summed E-state index contributed by atoms with van der Waals surface area (Å²) in [5, 5.41) is 1.09. The molecular weight excluding hydrogens is 445 g/mol. The van der Waals surface area contributed by atoms with Gasteiger partial charge in [-0.15, -0.1) is 0 Å². The van der Waals surface area contributed by atoms with E-state index in [2.05, 4.69) is 30.6 Å². The molecule has 0 amide bonds. The maximum Gasteiger partial charge on any atom is 0.159 e. The lowest BCUT2D eigenvalue weighted by Gasteiger charge is -2.05. The largest absolute Gasteiger partial charge is 0.494 e. The van der Waals surface area contributed by atoms with Crippen LogP contribution in [-0.2, 0) is 0 Å². The van der Waals surface area contributed by atoms with Crippen LogP contribution in [0.3, 0.4) is 0 Å². The van der Waals surface area contributed by atoms with Gasteiger partial charge in [-0.25, -0.2) is 13.2 Å². The average Bonchev–Trinajstić information content (AvgIpc) is 2.86. The Morgan fingerprint density at radius 3 is 1.97 bits per heavy atom. The Kier molecular flexibility index (Phi) is 7.76. The van der Waals surface area contributed by atoms with Crippen molar-refractivity contribution in [3.63, 3.8) is 0 Å². The summed E-state index contributed by atoms with van der Waals surface area (Å²) in [4.78, 5) is 0. The zero-order valence-electron chi connectivity index (χ0n) is 19.3. The summed E-state index contributed by atoms with van der Waals surface area (Å²) in [7, 11) is 0. The van der Waals surface area contributed by atoms with Crippen molar-refractivity contribution in [1.82, 2.24) is 0 Å². The van der Waals surface area contributed by atoms with E-state index in [1.807, 2.05) is 24.3 Å². The Hall–Kier alpha value is -4.15. The van der Waals surface area contributed by atoms with Crippen LogP contribution >= 0.6 is 0 Å². The van der Waals surface area contributed by atoms with E-state index in [1.165, 1.54) is 6.07 Å². The van der Waals surface area contributed by atoms with Crippen molar-refractivity contribution < 1.29 is 17.9 Å². The molecule has 0 aliphatic rings. The van der Waals surface area contributed by atoms with Gasteiger partial charge in [-0.05, 0) is 83.9 Å². The summed E-state index contributed by atoms with van der Waals surface area (Å²) >= 11 is 0. The van der Waals surface area contributed by atoms with Crippen LogP contribution < -0.4 is 4.74 Å². The minimum Gasteiger partial charge on any atom is -0.494 e. The van der Waals surface area contributed by atoms with Gasteiger partial charge in [0.05, 0.1) is 12.2 Å². The summed E-state index contributed by atoms with van der Waals surface area (Å²) in [6, 6.07) is 19.4. The van der Waals surface area contributed by atoms with Crippen LogP contribution in [0.4, 0.5) is 13.2 Å². The number of benzene rings is 4. The Bertz CT molecular complexity index is 1470. The molecule has 0 bridgehead atoms. The van der Waals surface area contributed by atoms with Crippen LogP contribution in [0.25, 0.3) is 10.8 Å². The monoisotopic (exact) mass is 468 g/mol. The maximum absolute atomic E-state index is 14.6. The van der Waals surface area contributed by atoms with Gasteiger partial charge in [0, 0.05) is 16.7 Å². The first-order chi connectivity index (χ1) is 17.0. The first kappa shape index (κ1) is 24.0. The van der Waals surface area contributed by atoms with Gasteiger partial charge in [-0.1, -0.05) is 49.5 Å². The molecule has 0 saturated carbocycles. The third-order valence-corrected chi connectivity index (χ3v) is 5.41. The molecule has 0 saturated heterocycles. The molecule has 4 aromatic carbocycles. The first-order valence-corrected chi connectivity index (χ1v) is 11.5. The van der Waals surface area contributed by atoms with Crippen molar-refractivity contribution in [3.8, 4) is 29.4 Å². The van der Waals surface area contributed by atoms with Gasteiger partial charge in [-0.2, -0.15) is 0 Å². The lowest BCUT2D eigenvalue weighted by molar-refractivity contribution is 0.306. The van der Waals surface area contributed by atoms with Crippen molar-refractivity contribution in [2.24, 2.45) is 0 Å². The molecule has 174 valence electrons. The number of fused-ring (bicyclic) bond motifs is 1. The van der Waals surface area contributed by atoms with E-state index in [1.54, 1.807) is 30.3 Å². The smallest absolute Gasteiger partial charge is 0.159 e. The SMILES string of the molecule is CCCCCOc1ccc(C#Cc2ccc(C#Cc3ccc4cc(F)c(F)cc4c3)c(F)c2)cc1. The number of hydrogen-bond acceptors (Lipinski definition) is 1. The lowest BCUT2D eigenvalue weighted by atomic mass is 10.1. The molecule has 0 N–H and O–H groups in total. The molecule has 35 heavy (non-hydrogen) atoms. The van der Waals surface area contributed by atoms with E-state index >= 15 is 0 Å². The van der Waals surface area contributed by atoms with E-state index in [9.17, 15) is 13.2 Å². The molecule has 1 nitrogen and oxygen atoms in total.